The molecule has 0 unspecified atom stereocenters. The van der Waals surface area contributed by atoms with Crippen LogP contribution in [-0.2, 0) is 4.74 Å². The van der Waals surface area contributed by atoms with E-state index in [2.05, 4.69) is 31.6 Å². The van der Waals surface area contributed by atoms with Crippen LogP contribution in [0.1, 0.15) is 45.2 Å². The minimum Gasteiger partial charge on any atom is -0.379 e. The second-order valence-corrected chi connectivity index (χ2v) is 8.20. The van der Waals surface area contributed by atoms with Gasteiger partial charge in [-0.15, -0.1) is 0 Å². The van der Waals surface area contributed by atoms with Crippen molar-refractivity contribution in [2.45, 2.75) is 57.7 Å². The summed E-state index contributed by atoms with van der Waals surface area (Å²) < 4.78 is 5.48. The van der Waals surface area contributed by atoms with Crippen LogP contribution in [0, 0.1) is 11.3 Å². The largest absolute Gasteiger partial charge is 0.379 e. The zero-order chi connectivity index (χ0) is 20.2. The van der Waals surface area contributed by atoms with Gasteiger partial charge in [0.25, 0.3) is 0 Å². The number of ether oxygens (including phenoxy) is 1. The highest BCUT2D eigenvalue weighted by molar-refractivity contribution is 5.89. The van der Waals surface area contributed by atoms with Gasteiger partial charge in [-0.1, -0.05) is 0 Å². The molecule has 4 rings (SSSR count). The van der Waals surface area contributed by atoms with Gasteiger partial charge in [-0.2, -0.15) is 5.26 Å². The predicted molar refractivity (Wildman–Crippen MR) is 113 cm³/mol. The van der Waals surface area contributed by atoms with Crippen LogP contribution in [0.4, 0.5) is 11.8 Å². The third-order valence-electron chi connectivity index (χ3n) is 5.70. The lowest BCUT2D eigenvalue weighted by Crippen LogP contribution is -2.46. The molecule has 1 saturated heterocycles. The van der Waals surface area contributed by atoms with E-state index in [1.807, 2.05) is 13.8 Å². The maximum Gasteiger partial charge on any atom is 0.223 e. The van der Waals surface area contributed by atoms with Crippen molar-refractivity contribution in [1.29, 1.82) is 5.26 Å². The van der Waals surface area contributed by atoms with E-state index in [-0.39, 0.29) is 6.04 Å². The third-order valence-corrected chi connectivity index (χ3v) is 5.70. The van der Waals surface area contributed by atoms with E-state index < -0.39 is 0 Å². The molecule has 8 nitrogen and oxygen atoms in total. The van der Waals surface area contributed by atoms with Gasteiger partial charge in [-0.25, -0.2) is 15.0 Å². The lowest BCUT2D eigenvalue weighted by molar-refractivity contribution is 0.00790. The van der Waals surface area contributed by atoms with Crippen LogP contribution in [0.3, 0.4) is 0 Å². The average Bonchev–Trinajstić information content (AvgIpc) is 2.74. The van der Waals surface area contributed by atoms with E-state index in [0.717, 1.165) is 50.0 Å². The first kappa shape index (κ1) is 19.8. The Labute approximate surface area is 171 Å². The molecule has 0 amide bonds. The van der Waals surface area contributed by atoms with E-state index >= 15 is 0 Å². The molecule has 154 valence electrons. The molecule has 0 bridgehead atoms. The molecule has 2 fully saturated rings. The Hall–Kier alpha value is -2.50. The number of fused-ring (bicyclic) bond motifs is 1. The zero-order valence-corrected chi connectivity index (χ0v) is 17.2. The Morgan fingerprint density at radius 2 is 1.93 bits per heavy atom. The van der Waals surface area contributed by atoms with Crippen LogP contribution in [-0.4, -0.2) is 64.3 Å². The number of hydrogen-bond acceptors (Lipinski definition) is 8. The molecule has 0 spiro atoms. The molecule has 3 heterocycles. The number of nitrogens with zero attached hydrogens (tertiary/aromatic N) is 5. The topological polar surface area (TPSA) is 99.0 Å². The highest BCUT2D eigenvalue weighted by Crippen LogP contribution is 2.27. The van der Waals surface area contributed by atoms with Crippen LogP contribution in [0.2, 0.25) is 0 Å². The molecule has 0 atom stereocenters. The van der Waals surface area contributed by atoms with Gasteiger partial charge in [0.05, 0.1) is 13.2 Å². The maximum absolute atomic E-state index is 9.24. The summed E-state index contributed by atoms with van der Waals surface area (Å²) in [4.78, 5) is 16.2. The summed E-state index contributed by atoms with van der Waals surface area (Å²) in [6.07, 6.45) is 6.40. The Morgan fingerprint density at radius 3 is 2.62 bits per heavy atom. The third kappa shape index (κ3) is 4.74. The number of morpholine rings is 1. The van der Waals surface area contributed by atoms with Crippen LogP contribution >= 0.6 is 0 Å². The molecule has 1 aliphatic heterocycles. The summed E-state index contributed by atoms with van der Waals surface area (Å²) in [6, 6.07) is 5.10. The smallest absolute Gasteiger partial charge is 0.223 e. The molecular weight excluding hydrogens is 366 g/mol. The summed E-state index contributed by atoms with van der Waals surface area (Å²) in [5, 5.41) is 16.9. The van der Waals surface area contributed by atoms with Crippen molar-refractivity contribution in [3.63, 3.8) is 0 Å². The molecule has 8 heteroatoms. The monoisotopic (exact) mass is 395 g/mol. The van der Waals surface area contributed by atoms with Gasteiger partial charge in [0.1, 0.15) is 17.3 Å². The van der Waals surface area contributed by atoms with Crippen molar-refractivity contribution in [2.75, 3.05) is 36.9 Å². The molecule has 29 heavy (non-hydrogen) atoms. The normalized spacial score (nSPS) is 23.1. The summed E-state index contributed by atoms with van der Waals surface area (Å²) in [6.45, 7) is 7.91. The molecular formula is C21H29N7O. The Balaban J connectivity index is 1.45. The standard InChI is InChI=1S/C21H29N7O/c1-14(2)24-20-19-15(11-17(12-22)25-20)13-23-21(27-19)26-16-3-5-18(6-4-16)28-7-9-29-10-8-28/h11,13-14,16,18H,3-10H2,1-2H3,(H,24,25)(H,23,26,27). The first-order chi connectivity index (χ1) is 14.1. The highest BCUT2D eigenvalue weighted by Gasteiger charge is 2.27. The fraction of sp³-hybridized carbons (Fsp3) is 0.619. The van der Waals surface area contributed by atoms with Crippen molar-refractivity contribution in [1.82, 2.24) is 19.9 Å². The minimum atomic E-state index is 0.196. The summed E-state index contributed by atoms with van der Waals surface area (Å²) >= 11 is 0. The number of pyridine rings is 1. The molecule has 0 radical (unpaired) electrons. The van der Waals surface area contributed by atoms with Crippen LogP contribution in [0.5, 0.6) is 0 Å². The molecule has 2 N–H and O–H groups in total. The SMILES string of the molecule is CC(C)Nc1nc(C#N)cc2cnc(NC3CCC(N4CCOCC4)CC3)nc12. The van der Waals surface area contributed by atoms with Gasteiger partial charge in [-0.3, -0.25) is 4.90 Å². The van der Waals surface area contributed by atoms with Crippen molar-refractivity contribution in [2.24, 2.45) is 0 Å². The maximum atomic E-state index is 9.24. The van der Waals surface area contributed by atoms with E-state index in [1.165, 1.54) is 12.8 Å². The van der Waals surface area contributed by atoms with Crippen LogP contribution in [0.15, 0.2) is 12.3 Å². The van der Waals surface area contributed by atoms with Gasteiger partial charge in [-0.05, 0) is 45.6 Å². The van der Waals surface area contributed by atoms with Crippen LogP contribution in [0.25, 0.3) is 10.9 Å². The number of rotatable bonds is 5. The van der Waals surface area contributed by atoms with E-state index in [1.54, 1.807) is 12.3 Å². The van der Waals surface area contributed by atoms with E-state index in [9.17, 15) is 5.26 Å². The van der Waals surface area contributed by atoms with Crippen LogP contribution < -0.4 is 10.6 Å². The number of aromatic nitrogens is 3. The Kier molecular flexibility index (Phi) is 6.07. The number of anilines is 2. The molecule has 1 aliphatic carbocycles. The lowest BCUT2D eigenvalue weighted by Gasteiger charge is -2.38. The van der Waals surface area contributed by atoms with Crippen molar-refractivity contribution in [3.8, 4) is 6.07 Å². The summed E-state index contributed by atoms with van der Waals surface area (Å²) in [5.74, 6) is 1.26. The van der Waals surface area contributed by atoms with Crippen molar-refractivity contribution in [3.05, 3.63) is 18.0 Å². The Morgan fingerprint density at radius 1 is 1.17 bits per heavy atom. The molecule has 2 aromatic rings. The molecule has 1 saturated carbocycles. The van der Waals surface area contributed by atoms with Gasteiger partial charge in [0, 0.05) is 42.8 Å². The lowest BCUT2D eigenvalue weighted by atomic mass is 9.90. The van der Waals surface area contributed by atoms with Crippen molar-refractivity contribution >= 4 is 22.7 Å². The van der Waals surface area contributed by atoms with Gasteiger partial charge in [0.2, 0.25) is 5.95 Å². The van der Waals surface area contributed by atoms with Gasteiger partial charge in [0.15, 0.2) is 5.82 Å². The first-order valence-electron chi connectivity index (χ1n) is 10.5. The first-order valence-corrected chi connectivity index (χ1v) is 10.5. The fourth-order valence-electron chi connectivity index (χ4n) is 4.25. The van der Waals surface area contributed by atoms with Gasteiger partial charge >= 0.3 is 0 Å². The highest BCUT2D eigenvalue weighted by atomic mass is 16.5. The summed E-state index contributed by atoms with van der Waals surface area (Å²) in [5.41, 5.74) is 1.11. The second-order valence-electron chi connectivity index (χ2n) is 8.20. The zero-order valence-electron chi connectivity index (χ0n) is 17.2. The summed E-state index contributed by atoms with van der Waals surface area (Å²) in [7, 11) is 0. The second kappa shape index (κ2) is 8.89. The average molecular weight is 396 g/mol. The quantitative estimate of drug-likeness (QED) is 0.797. The molecule has 2 aromatic heterocycles. The number of nitrogens with one attached hydrogen (secondary N) is 2. The molecule has 2 aliphatic rings. The van der Waals surface area contributed by atoms with Gasteiger partial charge < -0.3 is 15.4 Å². The van der Waals surface area contributed by atoms with E-state index in [4.69, 9.17) is 9.72 Å². The van der Waals surface area contributed by atoms with E-state index in [0.29, 0.717) is 29.5 Å². The number of nitriles is 1. The fourth-order valence-corrected chi connectivity index (χ4v) is 4.25. The van der Waals surface area contributed by atoms with Crippen molar-refractivity contribution < 1.29 is 4.74 Å². The number of hydrogen-bond donors (Lipinski definition) is 2. The minimum absolute atomic E-state index is 0.196. The predicted octanol–water partition coefficient (Wildman–Crippen LogP) is 2.77. The molecule has 0 aromatic carbocycles. The Bertz CT molecular complexity index is 880.